The lowest BCUT2D eigenvalue weighted by atomic mass is 9.87. The first-order valence-electron chi connectivity index (χ1n) is 11.5. The van der Waals surface area contributed by atoms with Gasteiger partial charge in [-0.15, -0.1) is 0 Å². The zero-order chi connectivity index (χ0) is 21.5. The van der Waals surface area contributed by atoms with Gasteiger partial charge < -0.3 is 25.8 Å². The van der Waals surface area contributed by atoms with E-state index in [0.717, 1.165) is 56.1 Å². The molecule has 0 bridgehead atoms. The van der Waals surface area contributed by atoms with Gasteiger partial charge in [-0.1, -0.05) is 25.0 Å². The van der Waals surface area contributed by atoms with Crippen molar-refractivity contribution in [3.8, 4) is 0 Å². The second-order valence-corrected chi connectivity index (χ2v) is 9.06. The molecular formula is C23H28N8O. The molecule has 1 saturated carbocycles. The van der Waals surface area contributed by atoms with Gasteiger partial charge in [-0.25, -0.2) is 9.97 Å². The van der Waals surface area contributed by atoms with Crippen molar-refractivity contribution in [1.82, 2.24) is 25.6 Å². The van der Waals surface area contributed by atoms with Gasteiger partial charge in [-0.2, -0.15) is 4.98 Å². The van der Waals surface area contributed by atoms with E-state index in [1.165, 1.54) is 12.8 Å². The molecule has 9 heteroatoms. The van der Waals surface area contributed by atoms with E-state index in [4.69, 9.17) is 4.98 Å². The highest BCUT2D eigenvalue weighted by molar-refractivity contribution is 5.93. The van der Waals surface area contributed by atoms with Crippen LogP contribution in [0.2, 0.25) is 0 Å². The van der Waals surface area contributed by atoms with E-state index in [9.17, 15) is 4.79 Å². The van der Waals surface area contributed by atoms with Gasteiger partial charge in [0.25, 0.3) is 0 Å². The predicted octanol–water partition coefficient (Wildman–Crippen LogP) is 1.67. The Morgan fingerprint density at radius 2 is 1.94 bits per heavy atom. The van der Waals surface area contributed by atoms with Crippen molar-refractivity contribution in [1.29, 1.82) is 0 Å². The first kappa shape index (κ1) is 19.5. The van der Waals surface area contributed by atoms with E-state index < -0.39 is 0 Å². The SMILES string of the molecule is O=C1NCC2(CCCC2)N2c3nc(Nc4ccc(N5CCNCC5)cn4)ncc3C=CC12. The Bertz CT molecular complexity index is 1040. The summed E-state index contributed by atoms with van der Waals surface area (Å²) in [6.07, 6.45) is 12.2. The van der Waals surface area contributed by atoms with Crippen molar-refractivity contribution in [3.63, 3.8) is 0 Å². The highest BCUT2D eigenvalue weighted by atomic mass is 16.2. The van der Waals surface area contributed by atoms with Gasteiger partial charge in [0.2, 0.25) is 11.9 Å². The third-order valence-electron chi connectivity index (χ3n) is 7.14. The van der Waals surface area contributed by atoms with Crippen molar-refractivity contribution in [2.75, 3.05) is 47.8 Å². The number of hydrogen-bond acceptors (Lipinski definition) is 8. The van der Waals surface area contributed by atoms with E-state index >= 15 is 0 Å². The summed E-state index contributed by atoms with van der Waals surface area (Å²) in [6, 6.07) is 3.74. The average molecular weight is 433 g/mol. The van der Waals surface area contributed by atoms with E-state index in [1.54, 1.807) is 0 Å². The molecule has 1 aliphatic carbocycles. The lowest BCUT2D eigenvalue weighted by molar-refractivity contribution is -0.123. The molecule has 6 rings (SSSR count). The highest BCUT2D eigenvalue weighted by Crippen LogP contribution is 2.43. The van der Waals surface area contributed by atoms with Gasteiger partial charge >= 0.3 is 0 Å². The van der Waals surface area contributed by atoms with Gasteiger partial charge in [0, 0.05) is 44.5 Å². The van der Waals surface area contributed by atoms with Gasteiger partial charge in [0.05, 0.1) is 17.4 Å². The molecular weight excluding hydrogens is 404 g/mol. The normalized spacial score (nSPS) is 23.6. The molecule has 2 aromatic rings. The van der Waals surface area contributed by atoms with Crippen LogP contribution in [0, 0.1) is 0 Å². The molecule has 2 aromatic heterocycles. The third-order valence-corrected chi connectivity index (χ3v) is 7.14. The van der Waals surface area contributed by atoms with E-state index in [2.05, 4.69) is 41.8 Å². The molecule has 3 fully saturated rings. The molecule has 0 aromatic carbocycles. The topological polar surface area (TPSA) is 98.3 Å². The summed E-state index contributed by atoms with van der Waals surface area (Å²) in [6.45, 7) is 4.64. The number of rotatable bonds is 3. The Morgan fingerprint density at radius 1 is 1.09 bits per heavy atom. The number of carbonyl (C=O) groups excluding carboxylic acids is 1. The number of anilines is 4. The summed E-state index contributed by atoms with van der Waals surface area (Å²) < 4.78 is 0. The summed E-state index contributed by atoms with van der Waals surface area (Å²) in [5.74, 6) is 2.09. The van der Waals surface area contributed by atoms with Crippen molar-refractivity contribution < 1.29 is 4.79 Å². The number of piperazine rings is 2. The molecule has 1 unspecified atom stereocenters. The maximum absolute atomic E-state index is 12.6. The van der Waals surface area contributed by atoms with E-state index in [1.807, 2.05) is 30.6 Å². The third kappa shape index (κ3) is 3.28. The number of carbonyl (C=O) groups is 1. The summed E-state index contributed by atoms with van der Waals surface area (Å²) in [5.41, 5.74) is 2.01. The number of hydrogen-bond donors (Lipinski definition) is 3. The average Bonchev–Trinajstić information content (AvgIpc) is 3.31. The zero-order valence-electron chi connectivity index (χ0n) is 18.0. The summed E-state index contributed by atoms with van der Waals surface area (Å²) in [7, 11) is 0. The lowest BCUT2D eigenvalue weighted by Crippen LogP contribution is -2.67. The summed E-state index contributed by atoms with van der Waals surface area (Å²) in [5, 5.41) is 9.75. The fourth-order valence-electron chi connectivity index (χ4n) is 5.47. The van der Waals surface area contributed by atoms with Crippen LogP contribution in [0.15, 0.2) is 30.6 Å². The molecule has 3 aliphatic heterocycles. The minimum atomic E-state index is -0.312. The van der Waals surface area contributed by atoms with Crippen LogP contribution < -0.4 is 25.8 Å². The molecule has 9 nitrogen and oxygen atoms in total. The Hall–Kier alpha value is -3.20. The number of nitrogens with zero attached hydrogens (tertiary/aromatic N) is 5. The largest absolute Gasteiger partial charge is 0.368 e. The molecule has 1 amide bonds. The molecule has 0 radical (unpaired) electrons. The fraction of sp³-hybridized carbons (Fsp3) is 0.478. The van der Waals surface area contributed by atoms with Crippen molar-refractivity contribution in [3.05, 3.63) is 36.2 Å². The van der Waals surface area contributed by atoms with Gasteiger partial charge in [0.1, 0.15) is 17.7 Å². The maximum Gasteiger partial charge on any atom is 0.246 e. The maximum atomic E-state index is 12.6. The molecule has 5 heterocycles. The number of nitrogens with one attached hydrogen (secondary N) is 3. The smallest absolute Gasteiger partial charge is 0.246 e. The van der Waals surface area contributed by atoms with Crippen LogP contribution in [0.1, 0.15) is 31.2 Å². The summed E-state index contributed by atoms with van der Waals surface area (Å²) >= 11 is 0. The van der Waals surface area contributed by atoms with Crippen molar-refractivity contribution >= 4 is 35.3 Å². The van der Waals surface area contributed by atoms with Crippen LogP contribution in [0.3, 0.4) is 0 Å². The van der Waals surface area contributed by atoms with Crippen LogP contribution in [0.4, 0.5) is 23.3 Å². The quantitative estimate of drug-likeness (QED) is 0.674. The van der Waals surface area contributed by atoms with Crippen LogP contribution in [0.5, 0.6) is 0 Å². The lowest BCUT2D eigenvalue weighted by Gasteiger charge is -2.50. The van der Waals surface area contributed by atoms with Crippen molar-refractivity contribution in [2.24, 2.45) is 0 Å². The molecule has 3 N–H and O–H groups in total. The molecule has 1 spiro atoms. The minimum Gasteiger partial charge on any atom is -0.368 e. The van der Waals surface area contributed by atoms with Gasteiger partial charge in [-0.3, -0.25) is 4.79 Å². The first-order valence-corrected chi connectivity index (χ1v) is 11.5. The van der Waals surface area contributed by atoms with Crippen LogP contribution in [0.25, 0.3) is 6.08 Å². The van der Waals surface area contributed by atoms with E-state index in [0.29, 0.717) is 18.3 Å². The standard InChI is InChI=1S/C23H28N8O/c32-21-18-5-3-16-13-26-22(29-20(16)31(18)23(15-27-21)7-1-2-8-23)28-19-6-4-17(14-25-19)30-11-9-24-10-12-30/h3-6,13-14,18,24H,1-2,7-12,15H2,(H,27,32)(H,25,26,28,29). The van der Waals surface area contributed by atoms with E-state index in [-0.39, 0.29) is 17.5 Å². The van der Waals surface area contributed by atoms with Gasteiger partial charge in [0.15, 0.2) is 0 Å². The Morgan fingerprint density at radius 3 is 2.72 bits per heavy atom. The second kappa shape index (κ2) is 7.74. The number of aromatic nitrogens is 3. The predicted molar refractivity (Wildman–Crippen MR) is 124 cm³/mol. The number of pyridine rings is 1. The van der Waals surface area contributed by atoms with Gasteiger partial charge in [-0.05, 0) is 25.0 Å². The number of amides is 1. The van der Waals surface area contributed by atoms with Crippen LogP contribution in [-0.4, -0.2) is 65.2 Å². The Labute approximate surface area is 187 Å². The molecule has 32 heavy (non-hydrogen) atoms. The summed E-state index contributed by atoms with van der Waals surface area (Å²) in [4.78, 5) is 31.2. The number of fused-ring (bicyclic) bond motifs is 4. The molecule has 166 valence electrons. The van der Waals surface area contributed by atoms with Crippen LogP contribution in [-0.2, 0) is 4.79 Å². The minimum absolute atomic E-state index is 0.0442. The Balaban J connectivity index is 1.27. The monoisotopic (exact) mass is 432 g/mol. The zero-order valence-corrected chi connectivity index (χ0v) is 18.0. The Kier molecular flexibility index (Phi) is 4.71. The van der Waals surface area contributed by atoms with Crippen LogP contribution >= 0.6 is 0 Å². The molecule has 1 atom stereocenters. The highest BCUT2D eigenvalue weighted by Gasteiger charge is 2.49. The molecule has 4 aliphatic rings. The second-order valence-electron chi connectivity index (χ2n) is 9.06. The first-order chi connectivity index (χ1) is 15.7. The fourth-order valence-corrected chi connectivity index (χ4v) is 5.47. The van der Waals surface area contributed by atoms with Crippen molar-refractivity contribution in [2.45, 2.75) is 37.3 Å². The molecule has 2 saturated heterocycles.